The summed E-state index contributed by atoms with van der Waals surface area (Å²) in [7, 11) is 2.14. The Morgan fingerprint density at radius 2 is 2.10 bits per heavy atom. The van der Waals surface area contributed by atoms with Crippen LogP contribution in [0.15, 0.2) is 45.8 Å². The highest BCUT2D eigenvalue weighted by Crippen LogP contribution is 2.40. The van der Waals surface area contributed by atoms with Gasteiger partial charge >= 0.3 is 0 Å². The van der Waals surface area contributed by atoms with Gasteiger partial charge in [0.05, 0.1) is 5.69 Å². The minimum atomic E-state index is 0.648. The molecule has 0 bridgehead atoms. The molecule has 0 amide bonds. The van der Waals surface area contributed by atoms with Gasteiger partial charge in [0.1, 0.15) is 5.76 Å². The van der Waals surface area contributed by atoms with Crippen molar-refractivity contribution in [2.75, 3.05) is 19.3 Å². The van der Waals surface area contributed by atoms with E-state index in [-0.39, 0.29) is 0 Å². The van der Waals surface area contributed by atoms with Gasteiger partial charge < -0.3 is 4.52 Å². The summed E-state index contributed by atoms with van der Waals surface area (Å²) in [5.41, 5.74) is 1.05. The average Bonchev–Trinajstić information content (AvgIpc) is 3.21. The molecular weight excluding hydrogens is 268 g/mol. The zero-order chi connectivity index (χ0) is 13.8. The molecule has 3 rings (SSSR count). The SMILES string of the molecule is CN(CCSc1ccccc1)Cc1cc(C2CC2)on1. The predicted octanol–water partition coefficient (Wildman–Crippen LogP) is 3.78. The van der Waals surface area contributed by atoms with Crippen molar-refractivity contribution in [3.8, 4) is 0 Å². The monoisotopic (exact) mass is 288 g/mol. The van der Waals surface area contributed by atoms with Crippen LogP contribution in [0.25, 0.3) is 0 Å². The van der Waals surface area contributed by atoms with Gasteiger partial charge in [0.15, 0.2) is 0 Å². The number of nitrogens with zero attached hydrogens (tertiary/aromatic N) is 2. The number of thioether (sulfide) groups is 1. The van der Waals surface area contributed by atoms with Crippen LogP contribution in [0.1, 0.15) is 30.2 Å². The molecule has 0 N–H and O–H groups in total. The molecule has 1 aliphatic rings. The number of benzene rings is 1. The number of aromatic nitrogens is 1. The van der Waals surface area contributed by atoms with Crippen LogP contribution in [0.3, 0.4) is 0 Å². The Bertz CT molecular complexity index is 536. The largest absolute Gasteiger partial charge is 0.361 e. The van der Waals surface area contributed by atoms with E-state index in [0.29, 0.717) is 5.92 Å². The van der Waals surface area contributed by atoms with Crippen molar-refractivity contribution < 1.29 is 4.52 Å². The van der Waals surface area contributed by atoms with Crippen LogP contribution in [0.2, 0.25) is 0 Å². The lowest BCUT2D eigenvalue weighted by molar-refractivity contribution is 0.322. The minimum Gasteiger partial charge on any atom is -0.361 e. The highest BCUT2D eigenvalue weighted by atomic mass is 32.2. The second kappa shape index (κ2) is 6.46. The van der Waals surface area contributed by atoms with Gasteiger partial charge in [0, 0.05) is 35.7 Å². The van der Waals surface area contributed by atoms with Crippen LogP contribution >= 0.6 is 11.8 Å². The fourth-order valence-corrected chi connectivity index (χ4v) is 3.14. The first-order valence-electron chi connectivity index (χ1n) is 7.13. The van der Waals surface area contributed by atoms with E-state index in [1.807, 2.05) is 11.8 Å². The van der Waals surface area contributed by atoms with Crippen molar-refractivity contribution in [3.05, 3.63) is 47.9 Å². The first-order valence-corrected chi connectivity index (χ1v) is 8.12. The van der Waals surface area contributed by atoms with Crippen molar-refractivity contribution in [3.63, 3.8) is 0 Å². The molecule has 2 aromatic rings. The smallest absolute Gasteiger partial charge is 0.140 e. The van der Waals surface area contributed by atoms with Gasteiger partial charge in [-0.1, -0.05) is 23.4 Å². The molecule has 1 fully saturated rings. The molecule has 106 valence electrons. The van der Waals surface area contributed by atoms with Crippen LogP contribution in [0, 0.1) is 0 Å². The third kappa shape index (κ3) is 3.87. The zero-order valence-electron chi connectivity index (χ0n) is 11.8. The molecule has 4 heteroatoms. The van der Waals surface area contributed by atoms with Gasteiger partial charge in [-0.25, -0.2) is 0 Å². The molecule has 0 spiro atoms. The highest BCUT2D eigenvalue weighted by Gasteiger charge is 2.27. The summed E-state index contributed by atoms with van der Waals surface area (Å²) >= 11 is 1.89. The van der Waals surface area contributed by atoms with Crippen molar-refractivity contribution >= 4 is 11.8 Å². The minimum absolute atomic E-state index is 0.648. The van der Waals surface area contributed by atoms with E-state index < -0.39 is 0 Å². The summed E-state index contributed by atoms with van der Waals surface area (Å²) in [5.74, 6) is 2.82. The molecular formula is C16H20N2OS. The van der Waals surface area contributed by atoms with Crippen LogP contribution in [-0.2, 0) is 6.54 Å². The first kappa shape index (κ1) is 13.7. The fraction of sp³-hybridized carbons (Fsp3) is 0.438. The average molecular weight is 288 g/mol. The quantitative estimate of drug-likeness (QED) is 0.725. The van der Waals surface area contributed by atoms with Gasteiger partial charge in [0.25, 0.3) is 0 Å². The molecule has 0 saturated heterocycles. The lowest BCUT2D eigenvalue weighted by Crippen LogP contribution is -2.20. The summed E-state index contributed by atoms with van der Waals surface area (Å²) < 4.78 is 5.38. The molecule has 3 nitrogen and oxygen atoms in total. The van der Waals surface area contributed by atoms with Crippen LogP contribution in [-0.4, -0.2) is 29.4 Å². The maximum Gasteiger partial charge on any atom is 0.140 e. The molecule has 1 aromatic carbocycles. The van der Waals surface area contributed by atoms with Crippen LogP contribution in [0.4, 0.5) is 0 Å². The Kier molecular flexibility index (Phi) is 4.43. The van der Waals surface area contributed by atoms with E-state index in [1.165, 1.54) is 17.7 Å². The zero-order valence-corrected chi connectivity index (χ0v) is 12.6. The normalized spacial score (nSPS) is 14.9. The topological polar surface area (TPSA) is 29.3 Å². The van der Waals surface area contributed by atoms with Crippen molar-refractivity contribution in [1.29, 1.82) is 0 Å². The maximum absolute atomic E-state index is 5.38. The Labute approximate surface area is 124 Å². The van der Waals surface area contributed by atoms with E-state index in [0.717, 1.165) is 30.3 Å². The van der Waals surface area contributed by atoms with E-state index in [1.54, 1.807) is 0 Å². The summed E-state index contributed by atoms with van der Waals surface area (Å²) in [6.45, 7) is 1.91. The van der Waals surface area contributed by atoms with Gasteiger partial charge in [-0.15, -0.1) is 11.8 Å². The number of rotatable bonds is 7. The van der Waals surface area contributed by atoms with Crippen molar-refractivity contribution in [2.24, 2.45) is 0 Å². The van der Waals surface area contributed by atoms with E-state index in [9.17, 15) is 0 Å². The van der Waals surface area contributed by atoms with Crippen molar-refractivity contribution in [1.82, 2.24) is 10.1 Å². The van der Waals surface area contributed by atoms with E-state index >= 15 is 0 Å². The lowest BCUT2D eigenvalue weighted by Gasteiger charge is -2.14. The molecule has 1 heterocycles. The predicted molar refractivity (Wildman–Crippen MR) is 82.0 cm³/mol. The molecule has 0 unspecified atom stereocenters. The Hall–Kier alpha value is -1.26. The Morgan fingerprint density at radius 1 is 1.30 bits per heavy atom. The molecule has 1 aromatic heterocycles. The maximum atomic E-state index is 5.38. The third-order valence-corrected chi connectivity index (χ3v) is 4.47. The summed E-state index contributed by atoms with van der Waals surface area (Å²) in [4.78, 5) is 3.63. The van der Waals surface area contributed by atoms with E-state index in [2.05, 4.69) is 53.5 Å². The summed E-state index contributed by atoms with van der Waals surface area (Å²) in [6, 6.07) is 12.7. The van der Waals surface area contributed by atoms with Gasteiger partial charge in [0.2, 0.25) is 0 Å². The van der Waals surface area contributed by atoms with Crippen molar-refractivity contribution in [2.45, 2.75) is 30.2 Å². The number of hydrogen-bond donors (Lipinski definition) is 0. The highest BCUT2D eigenvalue weighted by molar-refractivity contribution is 7.99. The Balaban J connectivity index is 1.41. The first-order chi connectivity index (χ1) is 9.81. The second-order valence-corrected chi connectivity index (χ2v) is 6.56. The molecule has 20 heavy (non-hydrogen) atoms. The number of hydrogen-bond acceptors (Lipinski definition) is 4. The second-order valence-electron chi connectivity index (χ2n) is 5.39. The molecule has 0 radical (unpaired) electrons. The van der Waals surface area contributed by atoms with Gasteiger partial charge in [-0.2, -0.15) is 0 Å². The van der Waals surface area contributed by atoms with Crippen LogP contribution in [0.5, 0.6) is 0 Å². The lowest BCUT2D eigenvalue weighted by atomic mass is 10.3. The molecule has 1 aliphatic carbocycles. The molecule has 1 saturated carbocycles. The van der Waals surface area contributed by atoms with Gasteiger partial charge in [-0.3, -0.25) is 4.90 Å². The molecule has 0 aliphatic heterocycles. The Morgan fingerprint density at radius 3 is 2.85 bits per heavy atom. The molecule has 0 atom stereocenters. The fourth-order valence-electron chi connectivity index (χ4n) is 2.15. The van der Waals surface area contributed by atoms with Gasteiger partial charge in [-0.05, 0) is 32.0 Å². The van der Waals surface area contributed by atoms with E-state index in [4.69, 9.17) is 4.52 Å². The summed E-state index contributed by atoms with van der Waals surface area (Å²) in [6.07, 6.45) is 2.52. The summed E-state index contributed by atoms with van der Waals surface area (Å²) in [5, 5.41) is 4.16. The standard InChI is InChI=1S/C16H20N2OS/c1-18(9-10-20-15-5-3-2-4-6-15)12-14-11-16(19-17-14)13-7-8-13/h2-6,11,13H,7-10,12H2,1H3. The third-order valence-electron chi connectivity index (χ3n) is 3.47. The van der Waals surface area contributed by atoms with Crippen LogP contribution < -0.4 is 0 Å².